The molecule has 1 fully saturated rings. The van der Waals surface area contributed by atoms with Crippen molar-refractivity contribution in [1.82, 2.24) is 0 Å². The second-order valence-electron chi connectivity index (χ2n) is 4.84. The van der Waals surface area contributed by atoms with E-state index in [0.717, 1.165) is 38.4 Å². The number of nitrogens with two attached hydrogens (primary N) is 1. The van der Waals surface area contributed by atoms with Crippen LogP contribution in [0.3, 0.4) is 0 Å². The van der Waals surface area contributed by atoms with Gasteiger partial charge in [-0.3, -0.25) is 0 Å². The maximum Gasteiger partial charge on any atom is 0.151 e. The van der Waals surface area contributed by atoms with Crippen molar-refractivity contribution in [3.8, 4) is 0 Å². The summed E-state index contributed by atoms with van der Waals surface area (Å²) >= 11 is 0. The molecule has 1 unspecified atom stereocenters. The van der Waals surface area contributed by atoms with E-state index in [0.29, 0.717) is 11.6 Å². The van der Waals surface area contributed by atoms with Gasteiger partial charge < -0.3 is 10.6 Å². The van der Waals surface area contributed by atoms with Crippen LogP contribution in [0, 0.1) is 17.6 Å². The molecule has 94 valence electrons. The molecule has 0 aliphatic carbocycles. The lowest BCUT2D eigenvalue weighted by Gasteiger charge is -2.24. The van der Waals surface area contributed by atoms with Crippen molar-refractivity contribution in [3.63, 3.8) is 0 Å². The molecule has 0 radical (unpaired) electrons. The van der Waals surface area contributed by atoms with E-state index >= 15 is 0 Å². The first-order valence-corrected chi connectivity index (χ1v) is 6.07. The monoisotopic (exact) mass is 240 g/mol. The standard InChI is InChI=1S/C13H18F2N2/c1-9-3-2-5-17(6-4-9)12-8-10(14)7-11(15)13(12)16/h7-9H,2-6,16H2,1H3. The summed E-state index contributed by atoms with van der Waals surface area (Å²) in [6.45, 7) is 3.84. The molecule has 4 heteroatoms. The molecule has 0 amide bonds. The topological polar surface area (TPSA) is 29.3 Å². The van der Waals surface area contributed by atoms with Crippen molar-refractivity contribution in [2.24, 2.45) is 5.92 Å². The van der Waals surface area contributed by atoms with Crippen LogP contribution in [-0.2, 0) is 0 Å². The first kappa shape index (κ1) is 12.1. The number of hydrogen-bond acceptors (Lipinski definition) is 2. The zero-order chi connectivity index (χ0) is 12.4. The van der Waals surface area contributed by atoms with E-state index in [1.54, 1.807) is 0 Å². The number of benzene rings is 1. The molecule has 1 aliphatic rings. The Kier molecular flexibility index (Phi) is 3.50. The van der Waals surface area contributed by atoms with E-state index in [1.807, 2.05) is 4.90 Å². The normalized spacial score (nSPS) is 21.4. The van der Waals surface area contributed by atoms with Crippen LogP contribution in [0.1, 0.15) is 26.2 Å². The summed E-state index contributed by atoms with van der Waals surface area (Å²) in [5.74, 6) is -0.569. The van der Waals surface area contributed by atoms with Crippen LogP contribution in [0.2, 0.25) is 0 Å². The molecule has 1 saturated heterocycles. The van der Waals surface area contributed by atoms with E-state index in [9.17, 15) is 8.78 Å². The number of halogens is 2. The number of hydrogen-bond donors (Lipinski definition) is 1. The Morgan fingerprint density at radius 2 is 2.00 bits per heavy atom. The molecular formula is C13H18F2N2. The Morgan fingerprint density at radius 1 is 1.24 bits per heavy atom. The van der Waals surface area contributed by atoms with Gasteiger partial charge in [-0.15, -0.1) is 0 Å². The van der Waals surface area contributed by atoms with Crippen LogP contribution < -0.4 is 10.6 Å². The van der Waals surface area contributed by atoms with Gasteiger partial charge in [0.05, 0.1) is 11.4 Å². The van der Waals surface area contributed by atoms with Crippen molar-refractivity contribution in [2.75, 3.05) is 23.7 Å². The highest BCUT2D eigenvalue weighted by Crippen LogP contribution is 2.30. The molecular weight excluding hydrogens is 222 g/mol. The van der Waals surface area contributed by atoms with Crippen LogP contribution in [0.15, 0.2) is 12.1 Å². The molecule has 0 spiro atoms. The average Bonchev–Trinajstić information content (AvgIpc) is 2.48. The van der Waals surface area contributed by atoms with Crippen LogP contribution in [-0.4, -0.2) is 13.1 Å². The van der Waals surface area contributed by atoms with Crippen LogP contribution >= 0.6 is 0 Å². The quantitative estimate of drug-likeness (QED) is 0.764. The number of nitrogens with zero attached hydrogens (tertiary/aromatic N) is 1. The summed E-state index contributed by atoms with van der Waals surface area (Å²) in [6, 6.07) is 2.16. The number of nitrogen functional groups attached to an aromatic ring is 1. The Bertz CT molecular complexity index is 407. The summed E-state index contributed by atoms with van der Waals surface area (Å²) in [6.07, 6.45) is 3.24. The second-order valence-corrected chi connectivity index (χ2v) is 4.84. The fourth-order valence-corrected chi connectivity index (χ4v) is 2.34. The maximum absolute atomic E-state index is 13.4. The van der Waals surface area contributed by atoms with Crippen molar-refractivity contribution in [3.05, 3.63) is 23.8 Å². The minimum Gasteiger partial charge on any atom is -0.395 e. The Morgan fingerprint density at radius 3 is 2.76 bits per heavy atom. The van der Waals surface area contributed by atoms with Crippen molar-refractivity contribution in [2.45, 2.75) is 26.2 Å². The van der Waals surface area contributed by atoms with E-state index in [1.165, 1.54) is 6.07 Å². The van der Waals surface area contributed by atoms with Crippen LogP contribution in [0.25, 0.3) is 0 Å². The molecule has 1 aliphatic heterocycles. The summed E-state index contributed by atoms with van der Waals surface area (Å²) < 4.78 is 26.6. The lowest BCUT2D eigenvalue weighted by molar-refractivity contribution is 0.521. The van der Waals surface area contributed by atoms with Gasteiger partial charge in [-0.05, 0) is 31.2 Å². The minimum atomic E-state index is -0.669. The van der Waals surface area contributed by atoms with Crippen molar-refractivity contribution in [1.29, 1.82) is 0 Å². The number of anilines is 2. The third-order valence-corrected chi connectivity index (χ3v) is 3.43. The molecule has 2 nitrogen and oxygen atoms in total. The smallest absolute Gasteiger partial charge is 0.151 e. The van der Waals surface area contributed by atoms with E-state index in [2.05, 4.69) is 6.92 Å². The van der Waals surface area contributed by atoms with Gasteiger partial charge in [0.25, 0.3) is 0 Å². The van der Waals surface area contributed by atoms with Crippen molar-refractivity contribution >= 4 is 11.4 Å². The molecule has 0 saturated carbocycles. The first-order chi connectivity index (χ1) is 8.08. The molecule has 1 aromatic carbocycles. The minimum absolute atomic E-state index is 0.0564. The molecule has 0 bridgehead atoms. The molecule has 17 heavy (non-hydrogen) atoms. The predicted molar refractivity (Wildman–Crippen MR) is 66.0 cm³/mol. The van der Waals surface area contributed by atoms with Gasteiger partial charge >= 0.3 is 0 Å². The van der Waals surface area contributed by atoms with Gasteiger partial charge in [-0.25, -0.2) is 8.78 Å². The summed E-state index contributed by atoms with van der Waals surface area (Å²) in [5.41, 5.74) is 6.24. The molecule has 1 heterocycles. The first-order valence-electron chi connectivity index (χ1n) is 6.07. The molecule has 2 N–H and O–H groups in total. The van der Waals surface area contributed by atoms with Crippen LogP contribution in [0.5, 0.6) is 0 Å². The highest BCUT2D eigenvalue weighted by molar-refractivity contribution is 5.68. The van der Waals surface area contributed by atoms with Gasteiger partial charge in [0.2, 0.25) is 0 Å². The van der Waals surface area contributed by atoms with E-state index < -0.39 is 11.6 Å². The Hall–Kier alpha value is -1.32. The highest BCUT2D eigenvalue weighted by atomic mass is 19.1. The van der Waals surface area contributed by atoms with Gasteiger partial charge in [0.1, 0.15) is 5.82 Å². The van der Waals surface area contributed by atoms with Gasteiger partial charge in [-0.1, -0.05) is 6.92 Å². The summed E-state index contributed by atoms with van der Waals surface area (Å²) in [7, 11) is 0. The van der Waals surface area contributed by atoms with Crippen LogP contribution in [0.4, 0.5) is 20.2 Å². The number of rotatable bonds is 1. The zero-order valence-electron chi connectivity index (χ0n) is 10.0. The van der Waals surface area contributed by atoms with Gasteiger partial charge in [0.15, 0.2) is 5.82 Å². The third-order valence-electron chi connectivity index (χ3n) is 3.43. The van der Waals surface area contributed by atoms with E-state index in [4.69, 9.17) is 5.73 Å². The van der Waals surface area contributed by atoms with Gasteiger partial charge in [-0.2, -0.15) is 0 Å². The second kappa shape index (κ2) is 4.90. The molecule has 0 aromatic heterocycles. The fourth-order valence-electron chi connectivity index (χ4n) is 2.34. The fraction of sp³-hybridized carbons (Fsp3) is 0.538. The summed E-state index contributed by atoms with van der Waals surface area (Å²) in [4.78, 5) is 1.99. The van der Waals surface area contributed by atoms with E-state index in [-0.39, 0.29) is 5.69 Å². The summed E-state index contributed by atoms with van der Waals surface area (Å²) in [5, 5.41) is 0. The maximum atomic E-state index is 13.4. The Labute approximate surface area is 100 Å². The van der Waals surface area contributed by atoms with Gasteiger partial charge in [0, 0.05) is 19.2 Å². The molecule has 1 aromatic rings. The molecule has 1 atom stereocenters. The lowest BCUT2D eigenvalue weighted by Crippen LogP contribution is -2.25. The highest BCUT2D eigenvalue weighted by Gasteiger charge is 2.18. The zero-order valence-corrected chi connectivity index (χ0v) is 10.0. The predicted octanol–water partition coefficient (Wildman–Crippen LogP) is 3.17. The van der Waals surface area contributed by atoms with Crippen molar-refractivity contribution < 1.29 is 8.78 Å². The molecule has 2 rings (SSSR count). The average molecular weight is 240 g/mol. The largest absolute Gasteiger partial charge is 0.395 e. The Balaban J connectivity index is 2.26. The SMILES string of the molecule is CC1CCCN(c2cc(F)cc(F)c2N)CC1. The third kappa shape index (κ3) is 2.68. The lowest BCUT2D eigenvalue weighted by atomic mass is 10.0.